The molecule has 118 valence electrons. The highest BCUT2D eigenvalue weighted by atomic mass is 32.2. The van der Waals surface area contributed by atoms with Gasteiger partial charge in [-0.15, -0.1) is 0 Å². The van der Waals surface area contributed by atoms with E-state index in [9.17, 15) is 8.42 Å². The predicted molar refractivity (Wildman–Crippen MR) is 84.5 cm³/mol. The van der Waals surface area contributed by atoms with E-state index < -0.39 is 9.84 Å². The van der Waals surface area contributed by atoms with Gasteiger partial charge < -0.3 is 10.1 Å². The van der Waals surface area contributed by atoms with Crippen LogP contribution in [0.25, 0.3) is 11.0 Å². The van der Waals surface area contributed by atoms with E-state index in [1.165, 1.54) is 12.5 Å². The average molecular weight is 331 g/mol. The number of methoxy groups -OCH3 is 1. The van der Waals surface area contributed by atoms with Crippen molar-refractivity contribution in [3.8, 4) is 5.75 Å². The van der Waals surface area contributed by atoms with Crippen molar-refractivity contribution in [3.63, 3.8) is 0 Å². The van der Waals surface area contributed by atoms with Crippen LogP contribution in [0.1, 0.15) is 0 Å². The van der Waals surface area contributed by atoms with Crippen LogP contribution in [0.3, 0.4) is 0 Å². The molecule has 2 heterocycles. The van der Waals surface area contributed by atoms with Gasteiger partial charge in [0, 0.05) is 18.0 Å². The Morgan fingerprint density at radius 3 is 2.74 bits per heavy atom. The molecule has 3 aromatic rings. The zero-order valence-corrected chi connectivity index (χ0v) is 13.2. The van der Waals surface area contributed by atoms with Crippen LogP contribution in [-0.2, 0) is 9.84 Å². The summed E-state index contributed by atoms with van der Waals surface area (Å²) in [5, 5.41) is 2.81. The van der Waals surface area contributed by atoms with E-state index in [4.69, 9.17) is 4.74 Å². The number of hydrogen-bond acceptors (Lipinski definition) is 8. The largest absolute Gasteiger partial charge is 0.497 e. The molecule has 0 aliphatic heterocycles. The maximum atomic E-state index is 11.6. The summed E-state index contributed by atoms with van der Waals surface area (Å²) in [6.07, 6.45) is 3.76. The van der Waals surface area contributed by atoms with Gasteiger partial charge in [-0.3, -0.25) is 0 Å². The molecule has 23 heavy (non-hydrogen) atoms. The summed E-state index contributed by atoms with van der Waals surface area (Å²) >= 11 is 0. The Labute approximate surface area is 132 Å². The standard InChI is InChI=1S/C14H13N5O3S/c1-22-10-5-3-4-9(6-10)18-13-12-11(16-8-17-13)7-15-14(19-12)23(2,20)21/h3-8H,1-2H3,(H,16,17,18). The minimum Gasteiger partial charge on any atom is -0.497 e. The number of ether oxygens (including phenoxy) is 1. The van der Waals surface area contributed by atoms with Crippen molar-refractivity contribution in [3.05, 3.63) is 36.8 Å². The number of aromatic nitrogens is 4. The van der Waals surface area contributed by atoms with Crippen molar-refractivity contribution in [1.82, 2.24) is 19.9 Å². The molecule has 0 fully saturated rings. The average Bonchev–Trinajstić information content (AvgIpc) is 2.54. The van der Waals surface area contributed by atoms with Crippen molar-refractivity contribution in [1.29, 1.82) is 0 Å². The molecule has 3 rings (SSSR count). The van der Waals surface area contributed by atoms with Gasteiger partial charge in [0.15, 0.2) is 5.82 Å². The number of benzene rings is 1. The van der Waals surface area contributed by atoms with Gasteiger partial charge in [-0.25, -0.2) is 28.4 Å². The van der Waals surface area contributed by atoms with Crippen LogP contribution in [0.15, 0.2) is 41.9 Å². The fourth-order valence-corrected chi connectivity index (χ4v) is 2.45. The first-order valence-electron chi connectivity index (χ1n) is 6.56. The summed E-state index contributed by atoms with van der Waals surface area (Å²) in [6.45, 7) is 0. The summed E-state index contributed by atoms with van der Waals surface area (Å²) in [4.78, 5) is 16.1. The third kappa shape index (κ3) is 3.19. The Bertz CT molecular complexity index is 975. The molecule has 1 aromatic carbocycles. The molecule has 1 N–H and O–H groups in total. The van der Waals surface area contributed by atoms with Crippen LogP contribution in [0.4, 0.5) is 11.5 Å². The van der Waals surface area contributed by atoms with Gasteiger partial charge in [-0.2, -0.15) is 0 Å². The molecule has 0 aliphatic carbocycles. The van der Waals surface area contributed by atoms with Crippen LogP contribution < -0.4 is 10.1 Å². The minimum absolute atomic E-state index is 0.270. The number of nitrogens with one attached hydrogen (secondary N) is 1. The fraction of sp³-hybridized carbons (Fsp3) is 0.143. The monoisotopic (exact) mass is 331 g/mol. The molecule has 0 aliphatic rings. The molecular formula is C14H13N5O3S. The van der Waals surface area contributed by atoms with E-state index in [0.717, 1.165) is 11.9 Å². The lowest BCUT2D eigenvalue weighted by Gasteiger charge is -2.09. The molecule has 0 spiro atoms. The third-order valence-electron chi connectivity index (χ3n) is 3.02. The van der Waals surface area contributed by atoms with E-state index in [2.05, 4.69) is 25.3 Å². The van der Waals surface area contributed by atoms with Gasteiger partial charge in [0.2, 0.25) is 15.0 Å². The topological polar surface area (TPSA) is 107 Å². The van der Waals surface area contributed by atoms with E-state index in [1.807, 2.05) is 18.2 Å². The van der Waals surface area contributed by atoms with Crippen LogP contribution in [0, 0.1) is 0 Å². The van der Waals surface area contributed by atoms with Crippen molar-refractivity contribution < 1.29 is 13.2 Å². The van der Waals surface area contributed by atoms with Crippen LogP contribution in [0.5, 0.6) is 5.75 Å². The van der Waals surface area contributed by atoms with Crippen molar-refractivity contribution in [2.24, 2.45) is 0 Å². The molecule has 0 radical (unpaired) electrons. The van der Waals surface area contributed by atoms with Gasteiger partial charge >= 0.3 is 0 Å². The predicted octanol–water partition coefficient (Wildman–Crippen LogP) is 1.58. The lowest BCUT2D eigenvalue weighted by atomic mass is 10.3. The Balaban J connectivity index is 2.09. The van der Waals surface area contributed by atoms with E-state index >= 15 is 0 Å². The Hall–Kier alpha value is -2.81. The SMILES string of the molecule is COc1cccc(Nc2ncnc3cnc(S(C)(=O)=O)nc23)c1. The van der Waals surface area contributed by atoms with E-state index in [1.54, 1.807) is 13.2 Å². The maximum absolute atomic E-state index is 11.6. The molecule has 0 saturated carbocycles. The second-order valence-corrected chi connectivity index (χ2v) is 6.65. The Morgan fingerprint density at radius 1 is 1.17 bits per heavy atom. The van der Waals surface area contributed by atoms with Crippen molar-refractivity contribution in [2.75, 3.05) is 18.7 Å². The number of rotatable bonds is 4. The lowest BCUT2D eigenvalue weighted by Crippen LogP contribution is -2.06. The summed E-state index contributed by atoms with van der Waals surface area (Å²) < 4.78 is 28.4. The highest BCUT2D eigenvalue weighted by molar-refractivity contribution is 7.90. The summed E-state index contributed by atoms with van der Waals surface area (Å²) in [6, 6.07) is 7.25. The van der Waals surface area contributed by atoms with Crippen LogP contribution >= 0.6 is 0 Å². The normalized spacial score (nSPS) is 11.4. The molecule has 0 unspecified atom stereocenters. The first kappa shape index (κ1) is 15.1. The number of nitrogens with zero attached hydrogens (tertiary/aromatic N) is 4. The maximum Gasteiger partial charge on any atom is 0.247 e. The van der Waals surface area contributed by atoms with Crippen LogP contribution in [0.2, 0.25) is 0 Å². The molecule has 8 nitrogen and oxygen atoms in total. The Kier molecular flexibility index (Phi) is 3.78. The van der Waals surface area contributed by atoms with E-state index in [0.29, 0.717) is 22.6 Å². The molecule has 2 aromatic heterocycles. The van der Waals surface area contributed by atoms with E-state index in [-0.39, 0.29) is 5.16 Å². The minimum atomic E-state index is -3.52. The highest BCUT2D eigenvalue weighted by Gasteiger charge is 2.14. The fourth-order valence-electron chi connectivity index (χ4n) is 1.95. The van der Waals surface area contributed by atoms with Crippen molar-refractivity contribution in [2.45, 2.75) is 5.16 Å². The molecule has 0 atom stereocenters. The summed E-state index contributed by atoms with van der Waals surface area (Å²) in [5.41, 5.74) is 1.49. The molecular weight excluding hydrogens is 318 g/mol. The zero-order valence-electron chi connectivity index (χ0n) is 12.4. The number of sulfone groups is 1. The molecule has 0 amide bonds. The summed E-state index contributed by atoms with van der Waals surface area (Å²) in [5.74, 6) is 1.07. The Morgan fingerprint density at radius 2 is 2.00 bits per heavy atom. The van der Waals surface area contributed by atoms with Gasteiger partial charge in [0.25, 0.3) is 0 Å². The number of hydrogen-bond donors (Lipinski definition) is 1. The third-order valence-corrected chi connectivity index (χ3v) is 3.88. The summed E-state index contributed by atoms with van der Waals surface area (Å²) in [7, 11) is -1.95. The first-order chi connectivity index (χ1) is 11.0. The van der Waals surface area contributed by atoms with Crippen LogP contribution in [-0.4, -0.2) is 41.7 Å². The highest BCUT2D eigenvalue weighted by Crippen LogP contribution is 2.24. The second kappa shape index (κ2) is 5.76. The van der Waals surface area contributed by atoms with Gasteiger partial charge in [-0.05, 0) is 12.1 Å². The molecule has 0 bridgehead atoms. The van der Waals surface area contributed by atoms with Gasteiger partial charge in [-0.1, -0.05) is 6.07 Å². The number of anilines is 2. The lowest BCUT2D eigenvalue weighted by molar-refractivity contribution is 0.415. The number of fused-ring (bicyclic) bond motifs is 1. The van der Waals surface area contributed by atoms with Gasteiger partial charge in [0.1, 0.15) is 23.1 Å². The quantitative estimate of drug-likeness (QED) is 0.718. The van der Waals surface area contributed by atoms with Gasteiger partial charge in [0.05, 0.1) is 13.3 Å². The molecule has 0 saturated heterocycles. The molecule has 9 heteroatoms. The zero-order chi connectivity index (χ0) is 16.4. The second-order valence-electron chi connectivity index (χ2n) is 4.74. The smallest absolute Gasteiger partial charge is 0.247 e. The van der Waals surface area contributed by atoms with Crippen molar-refractivity contribution >= 4 is 32.4 Å². The first-order valence-corrected chi connectivity index (χ1v) is 8.45.